The molecule has 0 spiro atoms. The van der Waals surface area contributed by atoms with E-state index in [9.17, 15) is 0 Å². The van der Waals surface area contributed by atoms with Crippen LogP contribution >= 0.6 is 0 Å². The molecule has 0 aromatic carbocycles. The number of pyridine rings is 1. The van der Waals surface area contributed by atoms with Gasteiger partial charge in [0.25, 0.3) is 0 Å². The summed E-state index contributed by atoms with van der Waals surface area (Å²) in [6.07, 6.45) is 7.49. The third-order valence-electron chi connectivity index (χ3n) is 3.77. The highest BCUT2D eigenvalue weighted by atomic mass is 15.3. The molecular weight excluding hydrogens is 264 g/mol. The maximum atomic E-state index is 4.50. The highest BCUT2D eigenvalue weighted by Crippen LogP contribution is 2.22. The average molecular weight is 280 g/mol. The minimum Gasteiger partial charge on any atom is -0.346 e. The molecule has 0 aliphatic carbocycles. The summed E-state index contributed by atoms with van der Waals surface area (Å²) in [4.78, 5) is 18.7. The zero-order valence-electron chi connectivity index (χ0n) is 11.6. The Hall–Kier alpha value is -2.47. The lowest BCUT2D eigenvalue weighted by Crippen LogP contribution is -2.44. The first-order valence-corrected chi connectivity index (χ1v) is 7.11. The van der Waals surface area contributed by atoms with Crippen LogP contribution in [-0.2, 0) is 0 Å². The summed E-state index contributed by atoms with van der Waals surface area (Å²) in [6, 6.07) is 4.11. The molecule has 0 bridgehead atoms. The van der Waals surface area contributed by atoms with Gasteiger partial charge in [-0.3, -0.25) is 0 Å². The van der Waals surface area contributed by atoms with Crippen molar-refractivity contribution in [1.82, 2.24) is 25.3 Å². The van der Waals surface area contributed by atoms with Crippen LogP contribution in [-0.4, -0.2) is 46.1 Å². The smallest absolute Gasteiger partial charge is 0.225 e. The summed E-state index contributed by atoms with van der Waals surface area (Å²) < 4.78 is 0. The summed E-state index contributed by atoms with van der Waals surface area (Å²) in [7, 11) is 0. The molecule has 21 heavy (non-hydrogen) atoms. The predicted molar refractivity (Wildman–Crippen MR) is 82.2 cm³/mol. The van der Waals surface area contributed by atoms with Crippen LogP contribution in [0.4, 0.5) is 5.95 Å². The van der Waals surface area contributed by atoms with Crippen LogP contribution in [0.5, 0.6) is 0 Å². The number of rotatable bonds is 2. The lowest BCUT2D eigenvalue weighted by molar-refractivity contribution is 0.580. The lowest BCUT2D eigenvalue weighted by atomic mass is 10.1. The van der Waals surface area contributed by atoms with Crippen LogP contribution in [0.2, 0.25) is 0 Å². The van der Waals surface area contributed by atoms with Crippen molar-refractivity contribution in [3.63, 3.8) is 0 Å². The van der Waals surface area contributed by atoms with Gasteiger partial charge in [-0.25, -0.2) is 15.0 Å². The van der Waals surface area contributed by atoms with E-state index in [1.807, 2.05) is 30.9 Å². The maximum Gasteiger partial charge on any atom is 0.225 e. The van der Waals surface area contributed by atoms with E-state index in [0.29, 0.717) is 0 Å². The number of fused-ring (bicyclic) bond motifs is 1. The van der Waals surface area contributed by atoms with Gasteiger partial charge in [0.1, 0.15) is 5.65 Å². The molecule has 3 aromatic rings. The van der Waals surface area contributed by atoms with Gasteiger partial charge in [0.15, 0.2) is 0 Å². The number of hydrogen-bond acceptors (Lipinski definition) is 5. The molecule has 1 aliphatic heterocycles. The second kappa shape index (κ2) is 5.14. The van der Waals surface area contributed by atoms with Crippen molar-refractivity contribution in [1.29, 1.82) is 0 Å². The Balaban J connectivity index is 1.62. The Labute approximate surface area is 122 Å². The topological polar surface area (TPSA) is 69.7 Å². The van der Waals surface area contributed by atoms with Crippen LogP contribution in [0, 0.1) is 0 Å². The van der Waals surface area contributed by atoms with Gasteiger partial charge in [0.2, 0.25) is 5.95 Å². The molecular formula is C15H16N6. The number of anilines is 1. The van der Waals surface area contributed by atoms with Crippen LogP contribution in [0.3, 0.4) is 0 Å². The van der Waals surface area contributed by atoms with E-state index in [-0.39, 0.29) is 0 Å². The quantitative estimate of drug-likeness (QED) is 0.743. The predicted octanol–water partition coefficient (Wildman–Crippen LogP) is 1.43. The molecule has 2 N–H and O–H groups in total. The Morgan fingerprint density at radius 3 is 2.52 bits per heavy atom. The van der Waals surface area contributed by atoms with Crippen molar-refractivity contribution >= 4 is 17.0 Å². The first-order chi connectivity index (χ1) is 10.4. The Morgan fingerprint density at radius 2 is 1.71 bits per heavy atom. The van der Waals surface area contributed by atoms with Gasteiger partial charge in [-0.05, 0) is 12.1 Å². The number of piperazine rings is 1. The molecule has 4 rings (SSSR count). The minimum atomic E-state index is 0.802. The van der Waals surface area contributed by atoms with E-state index >= 15 is 0 Å². The van der Waals surface area contributed by atoms with Gasteiger partial charge in [0, 0.05) is 67.5 Å². The first-order valence-electron chi connectivity index (χ1n) is 7.11. The standard InChI is InChI=1S/C15H16N6/c1-2-17-14-11(1)7-12(8-18-14)13-9-19-15(20-10-13)21-5-3-16-4-6-21/h1-2,7-10,16H,3-6H2,(H,17,18). The summed E-state index contributed by atoms with van der Waals surface area (Å²) >= 11 is 0. The molecule has 6 heteroatoms. The molecule has 0 saturated carbocycles. The zero-order valence-corrected chi connectivity index (χ0v) is 11.6. The lowest BCUT2D eigenvalue weighted by Gasteiger charge is -2.27. The molecule has 3 aromatic heterocycles. The highest BCUT2D eigenvalue weighted by Gasteiger charge is 2.13. The number of hydrogen-bond donors (Lipinski definition) is 2. The van der Waals surface area contributed by atoms with Gasteiger partial charge < -0.3 is 15.2 Å². The van der Waals surface area contributed by atoms with Gasteiger partial charge in [-0.15, -0.1) is 0 Å². The molecule has 0 unspecified atom stereocenters. The van der Waals surface area contributed by atoms with E-state index in [1.165, 1.54) is 0 Å². The Kier molecular flexibility index (Phi) is 3.01. The molecule has 0 atom stereocenters. The fraction of sp³-hybridized carbons (Fsp3) is 0.267. The van der Waals surface area contributed by atoms with Gasteiger partial charge >= 0.3 is 0 Å². The normalized spacial score (nSPS) is 15.5. The largest absolute Gasteiger partial charge is 0.346 e. The molecule has 1 fully saturated rings. The third kappa shape index (κ3) is 2.34. The molecule has 1 saturated heterocycles. The molecule has 0 amide bonds. The fourth-order valence-corrected chi connectivity index (χ4v) is 2.60. The average Bonchev–Trinajstić information content (AvgIpc) is 3.03. The van der Waals surface area contributed by atoms with E-state index in [4.69, 9.17) is 0 Å². The second-order valence-electron chi connectivity index (χ2n) is 5.15. The van der Waals surface area contributed by atoms with Crippen molar-refractivity contribution < 1.29 is 0 Å². The van der Waals surface area contributed by atoms with Crippen molar-refractivity contribution in [2.45, 2.75) is 0 Å². The number of H-pyrrole nitrogens is 1. The highest BCUT2D eigenvalue weighted by molar-refractivity contribution is 5.80. The number of nitrogens with one attached hydrogen (secondary N) is 2. The minimum absolute atomic E-state index is 0.802. The maximum absolute atomic E-state index is 4.50. The van der Waals surface area contributed by atoms with E-state index in [0.717, 1.165) is 54.3 Å². The van der Waals surface area contributed by atoms with Crippen molar-refractivity contribution in [3.05, 3.63) is 36.9 Å². The summed E-state index contributed by atoms with van der Waals surface area (Å²) in [5.74, 6) is 0.802. The molecule has 4 heterocycles. The first kappa shape index (κ1) is 12.3. The Morgan fingerprint density at radius 1 is 0.952 bits per heavy atom. The molecule has 106 valence electrons. The summed E-state index contributed by atoms with van der Waals surface area (Å²) in [5, 5.41) is 4.42. The zero-order chi connectivity index (χ0) is 14.1. The fourth-order valence-electron chi connectivity index (χ4n) is 2.60. The third-order valence-corrected chi connectivity index (χ3v) is 3.77. The SMILES string of the molecule is c1cc2cc(-c3cnc(N4CCNCC4)nc3)cnc2[nH]1. The van der Waals surface area contributed by atoms with E-state index in [1.54, 1.807) is 0 Å². The van der Waals surface area contributed by atoms with Gasteiger partial charge in [-0.1, -0.05) is 0 Å². The van der Waals surface area contributed by atoms with Crippen molar-refractivity contribution in [2.24, 2.45) is 0 Å². The monoisotopic (exact) mass is 280 g/mol. The van der Waals surface area contributed by atoms with E-state index < -0.39 is 0 Å². The molecule has 1 aliphatic rings. The molecule has 0 radical (unpaired) electrons. The summed E-state index contributed by atoms with van der Waals surface area (Å²) in [6.45, 7) is 3.88. The number of nitrogens with zero attached hydrogens (tertiary/aromatic N) is 4. The van der Waals surface area contributed by atoms with Crippen LogP contribution < -0.4 is 10.2 Å². The van der Waals surface area contributed by atoms with Gasteiger partial charge in [0.05, 0.1) is 0 Å². The second-order valence-corrected chi connectivity index (χ2v) is 5.15. The van der Waals surface area contributed by atoms with Crippen LogP contribution in [0.15, 0.2) is 36.9 Å². The van der Waals surface area contributed by atoms with Crippen LogP contribution in [0.1, 0.15) is 0 Å². The molecule has 6 nitrogen and oxygen atoms in total. The number of aromatic nitrogens is 4. The number of aromatic amines is 1. The van der Waals surface area contributed by atoms with Gasteiger partial charge in [-0.2, -0.15) is 0 Å². The van der Waals surface area contributed by atoms with Crippen LogP contribution in [0.25, 0.3) is 22.2 Å². The van der Waals surface area contributed by atoms with Crippen molar-refractivity contribution in [3.8, 4) is 11.1 Å². The summed E-state index contributed by atoms with van der Waals surface area (Å²) in [5.41, 5.74) is 2.93. The van der Waals surface area contributed by atoms with E-state index in [2.05, 4.69) is 36.2 Å². The Bertz CT molecular complexity index is 742. The van der Waals surface area contributed by atoms with Crippen molar-refractivity contribution in [2.75, 3.05) is 31.1 Å².